The van der Waals surface area contributed by atoms with E-state index < -0.39 is 0 Å². The first-order valence-electron chi connectivity index (χ1n) is 5.91. The first kappa shape index (κ1) is 10.3. The van der Waals surface area contributed by atoms with Gasteiger partial charge in [-0.05, 0) is 30.2 Å². The Morgan fingerprint density at radius 3 is 3.25 bits per heavy atom. The van der Waals surface area contributed by atoms with Crippen molar-refractivity contribution in [2.75, 3.05) is 19.6 Å². The maximum atomic E-state index is 12.3. The molecule has 1 N–H and O–H groups in total. The van der Waals surface area contributed by atoms with Gasteiger partial charge in [0.2, 0.25) is 0 Å². The van der Waals surface area contributed by atoms with Crippen molar-refractivity contribution in [3.63, 3.8) is 0 Å². The average molecular weight is 236 g/mol. The fraction of sp³-hybridized carbons (Fsp3) is 0.583. The molecule has 0 unspecified atom stereocenters. The van der Waals surface area contributed by atoms with Gasteiger partial charge in [-0.25, -0.2) is 0 Å². The van der Waals surface area contributed by atoms with Crippen molar-refractivity contribution in [3.8, 4) is 0 Å². The second-order valence-corrected chi connectivity index (χ2v) is 5.55. The Morgan fingerprint density at radius 2 is 2.44 bits per heavy atom. The molecule has 2 aliphatic rings. The molecule has 0 aromatic carbocycles. The Morgan fingerprint density at radius 1 is 1.50 bits per heavy atom. The zero-order valence-corrected chi connectivity index (χ0v) is 10.0. The molecule has 0 bridgehead atoms. The number of hydrogen-bond acceptors (Lipinski definition) is 3. The number of hydrogen-bond donors (Lipinski definition) is 1. The van der Waals surface area contributed by atoms with E-state index in [0.29, 0.717) is 12.0 Å². The summed E-state index contributed by atoms with van der Waals surface area (Å²) in [5.41, 5.74) is 0. The van der Waals surface area contributed by atoms with E-state index in [1.165, 1.54) is 6.42 Å². The highest BCUT2D eigenvalue weighted by atomic mass is 32.1. The third-order valence-corrected chi connectivity index (χ3v) is 4.53. The quantitative estimate of drug-likeness (QED) is 0.803. The largest absolute Gasteiger partial charge is 0.333 e. The SMILES string of the molecule is O=C(c1cccs1)N1CCC[C@@H]2CNC[C@@H]21. The summed E-state index contributed by atoms with van der Waals surface area (Å²) in [6.45, 7) is 2.99. The third kappa shape index (κ3) is 1.66. The molecule has 1 aromatic heterocycles. The fourth-order valence-electron chi connectivity index (χ4n) is 2.86. The molecule has 3 heterocycles. The van der Waals surface area contributed by atoms with Crippen LogP contribution < -0.4 is 5.32 Å². The van der Waals surface area contributed by atoms with Crippen molar-refractivity contribution in [1.29, 1.82) is 0 Å². The topological polar surface area (TPSA) is 32.3 Å². The van der Waals surface area contributed by atoms with Gasteiger partial charge < -0.3 is 10.2 Å². The van der Waals surface area contributed by atoms with Gasteiger partial charge in [-0.2, -0.15) is 0 Å². The number of carbonyl (C=O) groups excluding carboxylic acids is 1. The van der Waals surface area contributed by atoms with Gasteiger partial charge in [-0.1, -0.05) is 6.07 Å². The zero-order chi connectivity index (χ0) is 11.0. The van der Waals surface area contributed by atoms with E-state index in [0.717, 1.165) is 30.9 Å². The number of rotatable bonds is 1. The van der Waals surface area contributed by atoms with E-state index in [1.54, 1.807) is 11.3 Å². The van der Waals surface area contributed by atoms with E-state index >= 15 is 0 Å². The smallest absolute Gasteiger partial charge is 0.264 e. The van der Waals surface area contributed by atoms with Crippen LogP contribution >= 0.6 is 11.3 Å². The van der Waals surface area contributed by atoms with Gasteiger partial charge in [0.05, 0.1) is 4.88 Å². The van der Waals surface area contributed by atoms with E-state index in [9.17, 15) is 4.79 Å². The fourth-order valence-corrected chi connectivity index (χ4v) is 3.54. The Kier molecular flexibility index (Phi) is 2.69. The summed E-state index contributed by atoms with van der Waals surface area (Å²) in [5.74, 6) is 0.908. The van der Waals surface area contributed by atoms with Crippen molar-refractivity contribution in [2.45, 2.75) is 18.9 Å². The molecule has 4 heteroatoms. The third-order valence-electron chi connectivity index (χ3n) is 3.67. The van der Waals surface area contributed by atoms with Gasteiger partial charge >= 0.3 is 0 Å². The lowest BCUT2D eigenvalue weighted by Crippen LogP contribution is -2.48. The molecule has 3 rings (SSSR count). The lowest BCUT2D eigenvalue weighted by molar-refractivity contribution is 0.0580. The summed E-state index contributed by atoms with van der Waals surface area (Å²) < 4.78 is 0. The van der Waals surface area contributed by atoms with Crippen molar-refractivity contribution >= 4 is 17.2 Å². The second-order valence-electron chi connectivity index (χ2n) is 4.60. The minimum Gasteiger partial charge on any atom is -0.333 e. The zero-order valence-electron chi connectivity index (χ0n) is 9.19. The lowest BCUT2D eigenvalue weighted by atomic mass is 9.92. The number of fused-ring (bicyclic) bond motifs is 1. The highest BCUT2D eigenvalue weighted by Crippen LogP contribution is 2.28. The number of thiophene rings is 1. The number of nitrogens with one attached hydrogen (secondary N) is 1. The van der Waals surface area contributed by atoms with Crippen molar-refractivity contribution < 1.29 is 4.79 Å². The minimum absolute atomic E-state index is 0.230. The molecule has 2 atom stereocenters. The summed E-state index contributed by atoms with van der Waals surface area (Å²) >= 11 is 1.55. The van der Waals surface area contributed by atoms with Gasteiger partial charge in [0.25, 0.3) is 5.91 Å². The van der Waals surface area contributed by atoms with Crippen molar-refractivity contribution in [1.82, 2.24) is 10.2 Å². The molecule has 2 aliphatic heterocycles. The van der Waals surface area contributed by atoms with Gasteiger partial charge in [0.15, 0.2) is 0 Å². The Hall–Kier alpha value is -0.870. The highest BCUT2D eigenvalue weighted by Gasteiger charge is 2.37. The number of likely N-dealkylation sites (tertiary alicyclic amines) is 1. The van der Waals surface area contributed by atoms with Crippen LogP contribution in [0.1, 0.15) is 22.5 Å². The van der Waals surface area contributed by atoms with E-state index in [1.807, 2.05) is 17.5 Å². The van der Waals surface area contributed by atoms with Gasteiger partial charge in [0, 0.05) is 25.7 Å². The average Bonchev–Trinajstić information content (AvgIpc) is 2.98. The van der Waals surface area contributed by atoms with Crippen LogP contribution in [-0.4, -0.2) is 36.5 Å². The number of piperidine rings is 1. The highest BCUT2D eigenvalue weighted by molar-refractivity contribution is 7.12. The van der Waals surface area contributed by atoms with Crippen molar-refractivity contribution in [3.05, 3.63) is 22.4 Å². The first-order chi connectivity index (χ1) is 7.86. The molecular formula is C12H16N2OS. The van der Waals surface area contributed by atoms with Crippen molar-refractivity contribution in [2.24, 2.45) is 5.92 Å². The Balaban J connectivity index is 1.80. The van der Waals surface area contributed by atoms with Crippen LogP contribution in [0.5, 0.6) is 0 Å². The van der Waals surface area contributed by atoms with E-state index in [2.05, 4.69) is 10.2 Å². The standard InChI is InChI=1S/C12H16N2OS/c15-12(11-4-2-6-16-11)14-5-1-3-9-7-13-8-10(9)14/h2,4,6,9-10,13H,1,3,5,7-8H2/t9-,10+/m1/s1. The molecule has 0 radical (unpaired) electrons. The van der Waals surface area contributed by atoms with Crippen LogP contribution in [0.4, 0.5) is 0 Å². The predicted molar refractivity (Wildman–Crippen MR) is 64.7 cm³/mol. The lowest BCUT2D eigenvalue weighted by Gasteiger charge is -2.36. The van der Waals surface area contributed by atoms with Crippen LogP contribution in [0.25, 0.3) is 0 Å². The maximum Gasteiger partial charge on any atom is 0.264 e. The van der Waals surface area contributed by atoms with Crippen LogP contribution in [0.15, 0.2) is 17.5 Å². The van der Waals surface area contributed by atoms with Crippen LogP contribution in [0.3, 0.4) is 0 Å². The molecule has 2 fully saturated rings. The van der Waals surface area contributed by atoms with Crippen LogP contribution in [0, 0.1) is 5.92 Å². The summed E-state index contributed by atoms with van der Waals surface area (Å²) in [6.07, 6.45) is 2.42. The first-order valence-corrected chi connectivity index (χ1v) is 6.79. The molecule has 0 spiro atoms. The molecule has 3 nitrogen and oxygen atoms in total. The molecule has 1 amide bonds. The molecule has 2 saturated heterocycles. The minimum atomic E-state index is 0.230. The van der Waals surface area contributed by atoms with E-state index in [-0.39, 0.29) is 5.91 Å². The summed E-state index contributed by atoms with van der Waals surface area (Å²) in [4.78, 5) is 15.3. The molecule has 16 heavy (non-hydrogen) atoms. The number of carbonyl (C=O) groups is 1. The normalized spacial score (nSPS) is 29.1. The monoisotopic (exact) mass is 236 g/mol. The predicted octanol–water partition coefficient (Wildman–Crippen LogP) is 1.57. The molecule has 0 aliphatic carbocycles. The molecule has 86 valence electrons. The molecule has 1 aromatic rings. The Labute approximate surface area is 99.5 Å². The van der Waals surface area contributed by atoms with Crippen LogP contribution in [-0.2, 0) is 0 Å². The number of amides is 1. The second kappa shape index (κ2) is 4.18. The van der Waals surface area contributed by atoms with Gasteiger partial charge in [0.1, 0.15) is 0 Å². The Bertz CT molecular complexity index is 376. The number of nitrogens with zero attached hydrogens (tertiary/aromatic N) is 1. The van der Waals surface area contributed by atoms with Gasteiger partial charge in [-0.15, -0.1) is 11.3 Å². The summed E-state index contributed by atoms with van der Waals surface area (Å²) in [5, 5.41) is 5.38. The summed E-state index contributed by atoms with van der Waals surface area (Å²) in [7, 11) is 0. The molecule has 0 saturated carbocycles. The van der Waals surface area contributed by atoms with E-state index in [4.69, 9.17) is 0 Å². The summed E-state index contributed by atoms with van der Waals surface area (Å²) in [6, 6.07) is 4.31. The maximum absolute atomic E-state index is 12.3. The van der Waals surface area contributed by atoms with Crippen LogP contribution in [0.2, 0.25) is 0 Å². The van der Waals surface area contributed by atoms with Gasteiger partial charge in [-0.3, -0.25) is 4.79 Å². The molecular weight excluding hydrogens is 220 g/mol.